The van der Waals surface area contributed by atoms with E-state index in [9.17, 15) is 9.59 Å². The highest BCUT2D eigenvalue weighted by Gasteiger charge is 2.21. The summed E-state index contributed by atoms with van der Waals surface area (Å²) < 4.78 is 0. The molecule has 0 aliphatic carbocycles. The molecule has 0 bridgehead atoms. The predicted molar refractivity (Wildman–Crippen MR) is 99.0 cm³/mol. The lowest BCUT2D eigenvalue weighted by Crippen LogP contribution is -2.48. The van der Waals surface area contributed by atoms with E-state index < -0.39 is 0 Å². The number of hydrogen-bond acceptors (Lipinski definition) is 5. The zero-order chi connectivity index (χ0) is 18.4. The lowest BCUT2D eigenvalue weighted by Gasteiger charge is -2.32. The number of nitrogens with zero attached hydrogens (tertiary/aromatic N) is 5. The van der Waals surface area contributed by atoms with Crippen LogP contribution in [0.4, 0.5) is 5.82 Å². The summed E-state index contributed by atoms with van der Waals surface area (Å²) >= 11 is 0. The van der Waals surface area contributed by atoms with Crippen LogP contribution >= 0.6 is 0 Å². The number of piperazine rings is 1. The summed E-state index contributed by atoms with van der Waals surface area (Å²) in [4.78, 5) is 37.4. The van der Waals surface area contributed by atoms with Gasteiger partial charge in [-0.2, -0.15) is 0 Å². The molecule has 2 amide bonds. The van der Waals surface area contributed by atoms with Crippen LogP contribution in [0.25, 0.3) is 0 Å². The van der Waals surface area contributed by atoms with Crippen molar-refractivity contribution < 1.29 is 9.59 Å². The number of likely N-dealkylation sites (N-methyl/N-ethyl adjacent to an activating group) is 1. The second-order valence-electron chi connectivity index (χ2n) is 6.36. The highest BCUT2D eigenvalue weighted by Crippen LogP contribution is 2.15. The molecule has 0 saturated carbocycles. The molecular weight excluding hydrogens is 330 g/mol. The molecule has 0 N–H and O–H groups in total. The third kappa shape index (κ3) is 4.36. The minimum absolute atomic E-state index is 0.0123. The SMILES string of the molecule is CN(CCc1ccncc1)c1cc(C(=O)N2CCN(C=O)CC2)ccn1. The average molecular weight is 353 g/mol. The summed E-state index contributed by atoms with van der Waals surface area (Å²) in [6.45, 7) is 3.09. The van der Waals surface area contributed by atoms with Crippen molar-refractivity contribution in [2.75, 3.05) is 44.7 Å². The highest BCUT2D eigenvalue weighted by molar-refractivity contribution is 5.95. The first-order chi connectivity index (χ1) is 12.7. The van der Waals surface area contributed by atoms with Gasteiger partial charge in [0.1, 0.15) is 5.82 Å². The predicted octanol–water partition coefficient (Wildman–Crippen LogP) is 1.07. The molecule has 0 atom stereocenters. The van der Waals surface area contributed by atoms with Crippen LogP contribution in [-0.2, 0) is 11.2 Å². The van der Waals surface area contributed by atoms with Gasteiger partial charge in [-0.3, -0.25) is 14.6 Å². The van der Waals surface area contributed by atoms with Crippen molar-refractivity contribution in [3.63, 3.8) is 0 Å². The van der Waals surface area contributed by atoms with E-state index in [2.05, 4.69) is 9.97 Å². The fraction of sp³-hybridized carbons (Fsp3) is 0.368. The van der Waals surface area contributed by atoms with E-state index in [1.54, 1.807) is 34.5 Å². The van der Waals surface area contributed by atoms with E-state index in [1.807, 2.05) is 30.1 Å². The number of aromatic nitrogens is 2. The molecule has 26 heavy (non-hydrogen) atoms. The van der Waals surface area contributed by atoms with E-state index in [1.165, 1.54) is 5.56 Å². The normalized spacial score (nSPS) is 14.2. The standard InChI is InChI=1S/C19H23N5O2/c1-22(9-5-16-2-6-20-7-3-16)18-14-17(4-8-21-18)19(26)24-12-10-23(15-25)11-13-24/h2-4,6-8,14-15H,5,9-13H2,1H3. The van der Waals surface area contributed by atoms with Gasteiger partial charge in [-0.05, 0) is 36.2 Å². The van der Waals surface area contributed by atoms with E-state index in [0.717, 1.165) is 25.2 Å². The summed E-state index contributed by atoms with van der Waals surface area (Å²) in [7, 11) is 1.97. The number of carbonyl (C=O) groups is 2. The Labute approximate surface area is 153 Å². The van der Waals surface area contributed by atoms with Gasteiger partial charge >= 0.3 is 0 Å². The molecule has 1 aliphatic heterocycles. The Hall–Kier alpha value is -2.96. The van der Waals surface area contributed by atoms with Crippen molar-refractivity contribution >= 4 is 18.1 Å². The summed E-state index contributed by atoms with van der Waals surface area (Å²) in [6, 6.07) is 7.58. The maximum atomic E-state index is 12.7. The Morgan fingerprint density at radius 1 is 1.15 bits per heavy atom. The minimum Gasteiger partial charge on any atom is -0.359 e. The molecule has 0 radical (unpaired) electrons. The van der Waals surface area contributed by atoms with Crippen molar-refractivity contribution in [2.45, 2.75) is 6.42 Å². The summed E-state index contributed by atoms with van der Waals surface area (Å²) in [5.74, 6) is 0.762. The Morgan fingerprint density at radius 3 is 2.58 bits per heavy atom. The first-order valence-corrected chi connectivity index (χ1v) is 8.72. The van der Waals surface area contributed by atoms with Crippen molar-refractivity contribution in [3.8, 4) is 0 Å². The molecule has 3 heterocycles. The lowest BCUT2D eigenvalue weighted by molar-refractivity contribution is -0.119. The quantitative estimate of drug-likeness (QED) is 0.727. The maximum absolute atomic E-state index is 12.7. The summed E-state index contributed by atoms with van der Waals surface area (Å²) in [6.07, 6.45) is 6.97. The molecule has 1 fully saturated rings. The van der Waals surface area contributed by atoms with Crippen LogP contribution in [0, 0.1) is 0 Å². The minimum atomic E-state index is -0.0123. The molecule has 7 nitrogen and oxygen atoms in total. The molecular formula is C19H23N5O2. The zero-order valence-electron chi connectivity index (χ0n) is 14.9. The van der Waals surface area contributed by atoms with E-state index in [0.29, 0.717) is 31.7 Å². The molecule has 0 aromatic carbocycles. The van der Waals surface area contributed by atoms with Crippen LogP contribution in [0.1, 0.15) is 15.9 Å². The van der Waals surface area contributed by atoms with Gasteiger partial charge < -0.3 is 14.7 Å². The fourth-order valence-electron chi connectivity index (χ4n) is 2.93. The van der Waals surface area contributed by atoms with Gasteiger partial charge in [0, 0.05) is 63.9 Å². The molecule has 136 valence electrons. The molecule has 2 aromatic rings. The number of pyridine rings is 2. The van der Waals surface area contributed by atoms with E-state index in [4.69, 9.17) is 0 Å². The van der Waals surface area contributed by atoms with Gasteiger partial charge in [-0.15, -0.1) is 0 Å². The molecule has 1 aliphatic rings. The Balaban J connectivity index is 1.62. The zero-order valence-corrected chi connectivity index (χ0v) is 14.9. The topological polar surface area (TPSA) is 69.6 Å². The van der Waals surface area contributed by atoms with Crippen LogP contribution < -0.4 is 4.90 Å². The Bertz CT molecular complexity index is 745. The van der Waals surface area contributed by atoms with Crippen LogP contribution in [0.15, 0.2) is 42.9 Å². The van der Waals surface area contributed by atoms with Gasteiger partial charge in [0.15, 0.2) is 0 Å². The van der Waals surface area contributed by atoms with Crippen molar-refractivity contribution in [3.05, 3.63) is 54.0 Å². The van der Waals surface area contributed by atoms with E-state index in [-0.39, 0.29) is 5.91 Å². The van der Waals surface area contributed by atoms with Gasteiger partial charge in [-0.1, -0.05) is 0 Å². The molecule has 3 rings (SSSR count). The third-order valence-corrected chi connectivity index (χ3v) is 4.62. The lowest BCUT2D eigenvalue weighted by atomic mass is 10.2. The number of hydrogen-bond donors (Lipinski definition) is 0. The molecule has 0 spiro atoms. The molecule has 0 unspecified atom stereocenters. The second-order valence-corrected chi connectivity index (χ2v) is 6.36. The van der Waals surface area contributed by atoms with E-state index >= 15 is 0 Å². The number of anilines is 1. The number of amides is 2. The van der Waals surface area contributed by atoms with Gasteiger partial charge in [0.25, 0.3) is 5.91 Å². The highest BCUT2D eigenvalue weighted by atomic mass is 16.2. The van der Waals surface area contributed by atoms with Gasteiger partial charge in [0.05, 0.1) is 0 Å². The first-order valence-electron chi connectivity index (χ1n) is 8.72. The smallest absolute Gasteiger partial charge is 0.254 e. The van der Waals surface area contributed by atoms with Crippen molar-refractivity contribution in [1.82, 2.24) is 19.8 Å². The fourth-order valence-corrected chi connectivity index (χ4v) is 2.93. The monoisotopic (exact) mass is 353 g/mol. The average Bonchev–Trinajstić information content (AvgIpc) is 2.72. The Kier molecular flexibility index (Phi) is 5.78. The summed E-state index contributed by atoms with van der Waals surface area (Å²) in [5, 5.41) is 0. The van der Waals surface area contributed by atoms with Crippen LogP contribution in [0.3, 0.4) is 0 Å². The van der Waals surface area contributed by atoms with Crippen LogP contribution in [0.5, 0.6) is 0 Å². The molecule has 1 saturated heterocycles. The number of carbonyl (C=O) groups excluding carboxylic acids is 2. The molecule has 7 heteroatoms. The Morgan fingerprint density at radius 2 is 1.88 bits per heavy atom. The molecule has 2 aromatic heterocycles. The third-order valence-electron chi connectivity index (χ3n) is 4.62. The van der Waals surface area contributed by atoms with Crippen molar-refractivity contribution in [2.24, 2.45) is 0 Å². The maximum Gasteiger partial charge on any atom is 0.254 e. The van der Waals surface area contributed by atoms with Gasteiger partial charge in [-0.25, -0.2) is 4.98 Å². The second kappa shape index (κ2) is 8.42. The van der Waals surface area contributed by atoms with Gasteiger partial charge in [0.2, 0.25) is 6.41 Å². The van der Waals surface area contributed by atoms with Crippen LogP contribution in [0.2, 0.25) is 0 Å². The number of rotatable bonds is 6. The van der Waals surface area contributed by atoms with Crippen molar-refractivity contribution in [1.29, 1.82) is 0 Å². The summed E-state index contributed by atoms with van der Waals surface area (Å²) in [5.41, 5.74) is 1.84. The largest absolute Gasteiger partial charge is 0.359 e. The van der Waals surface area contributed by atoms with Crippen LogP contribution in [-0.4, -0.2) is 71.9 Å². The first kappa shape index (κ1) is 17.8.